The van der Waals surface area contributed by atoms with E-state index in [2.05, 4.69) is 10.6 Å². The summed E-state index contributed by atoms with van der Waals surface area (Å²) < 4.78 is 13.2. The van der Waals surface area contributed by atoms with Gasteiger partial charge >= 0.3 is 6.03 Å². The third kappa shape index (κ3) is 4.26. The molecular weight excluding hydrogens is 307 g/mol. The van der Waals surface area contributed by atoms with Gasteiger partial charge in [0.15, 0.2) is 0 Å². The second-order valence-electron chi connectivity index (χ2n) is 7.24. The van der Waals surface area contributed by atoms with Crippen molar-refractivity contribution >= 4 is 6.03 Å². The summed E-state index contributed by atoms with van der Waals surface area (Å²) in [6.07, 6.45) is 7.16. The average Bonchev–Trinajstić information content (AvgIpc) is 2.54. The molecular formula is C19H27FN2O2. The van der Waals surface area contributed by atoms with Crippen molar-refractivity contribution in [2.24, 2.45) is 11.8 Å². The minimum atomic E-state index is -0.254. The first-order valence-electron chi connectivity index (χ1n) is 9.09. The molecule has 3 rings (SSSR count). The van der Waals surface area contributed by atoms with Crippen molar-refractivity contribution in [1.82, 2.24) is 10.6 Å². The van der Waals surface area contributed by atoms with E-state index in [1.54, 1.807) is 12.1 Å². The molecule has 0 spiro atoms. The second kappa shape index (κ2) is 7.97. The van der Waals surface area contributed by atoms with Crippen LogP contribution in [0, 0.1) is 17.7 Å². The molecule has 5 heteroatoms. The largest absolute Gasteiger partial charge is 0.396 e. The van der Waals surface area contributed by atoms with Crippen LogP contribution in [0.15, 0.2) is 24.3 Å². The maximum atomic E-state index is 13.2. The molecule has 0 radical (unpaired) electrons. The number of halogens is 1. The standard InChI is InChI=1S/C19H27FN2O2/c20-16-8-6-15(7-9-16)18(14-2-1-3-14)22-19(24)21-17-10-4-13(12-23)5-11-17/h6-9,13-14,17-18,23H,1-5,10-12H2,(H2,21,22,24). The van der Waals surface area contributed by atoms with Crippen LogP contribution in [0.2, 0.25) is 0 Å². The van der Waals surface area contributed by atoms with Gasteiger partial charge in [0.1, 0.15) is 5.82 Å². The monoisotopic (exact) mass is 334 g/mol. The Morgan fingerprint density at radius 2 is 1.79 bits per heavy atom. The van der Waals surface area contributed by atoms with Gasteiger partial charge in [-0.2, -0.15) is 0 Å². The molecule has 0 aliphatic heterocycles. The number of carbonyl (C=O) groups excluding carboxylic acids is 1. The number of hydrogen-bond donors (Lipinski definition) is 3. The normalized spacial score (nSPS) is 25.6. The lowest BCUT2D eigenvalue weighted by molar-refractivity contribution is 0.171. The maximum absolute atomic E-state index is 13.2. The van der Waals surface area contributed by atoms with Gasteiger partial charge < -0.3 is 15.7 Å². The first-order chi connectivity index (χ1) is 11.7. The third-order valence-electron chi connectivity index (χ3n) is 5.58. The van der Waals surface area contributed by atoms with Gasteiger partial charge in [-0.25, -0.2) is 9.18 Å². The fourth-order valence-electron chi connectivity index (χ4n) is 3.77. The van der Waals surface area contributed by atoms with Crippen molar-refractivity contribution in [1.29, 1.82) is 0 Å². The smallest absolute Gasteiger partial charge is 0.315 e. The Labute approximate surface area is 142 Å². The Hall–Kier alpha value is -1.62. The van der Waals surface area contributed by atoms with Gasteiger partial charge in [-0.15, -0.1) is 0 Å². The minimum Gasteiger partial charge on any atom is -0.396 e. The molecule has 2 fully saturated rings. The van der Waals surface area contributed by atoms with E-state index in [9.17, 15) is 14.3 Å². The van der Waals surface area contributed by atoms with Crippen LogP contribution in [0.5, 0.6) is 0 Å². The zero-order valence-corrected chi connectivity index (χ0v) is 14.0. The van der Waals surface area contributed by atoms with Crippen LogP contribution in [0.25, 0.3) is 0 Å². The number of hydrogen-bond acceptors (Lipinski definition) is 2. The molecule has 132 valence electrons. The van der Waals surface area contributed by atoms with Crippen LogP contribution in [-0.4, -0.2) is 23.8 Å². The summed E-state index contributed by atoms with van der Waals surface area (Å²) in [7, 11) is 0. The highest BCUT2D eigenvalue weighted by Gasteiger charge is 2.30. The summed E-state index contributed by atoms with van der Waals surface area (Å²) in [4.78, 5) is 12.4. The molecule has 0 aromatic heterocycles. The van der Waals surface area contributed by atoms with Gasteiger partial charge in [0.05, 0.1) is 6.04 Å². The fourth-order valence-corrected chi connectivity index (χ4v) is 3.77. The number of nitrogens with one attached hydrogen (secondary N) is 2. The summed E-state index contributed by atoms with van der Waals surface area (Å²) in [5.74, 6) is 0.565. The first-order valence-corrected chi connectivity index (χ1v) is 9.09. The van der Waals surface area contributed by atoms with E-state index in [1.165, 1.54) is 18.6 Å². The highest BCUT2D eigenvalue weighted by molar-refractivity contribution is 5.74. The first kappa shape index (κ1) is 17.2. The van der Waals surface area contributed by atoms with Crippen molar-refractivity contribution in [2.45, 2.75) is 57.0 Å². The van der Waals surface area contributed by atoms with E-state index in [1.807, 2.05) is 0 Å². The molecule has 0 heterocycles. The Bertz CT molecular complexity index is 537. The average molecular weight is 334 g/mol. The molecule has 1 atom stereocenters. The summed E-state index contributed by atoms with van der Waals surface area (Å²) >= 11 is 0. The number of carbonyl (C=O) groups is 1. The lowest BCUT2D eigenvalue weighted by Crippen LogP contribution is -2.47. The van der Waals surface area contributed by atoms with Crippen molar-refractivity contribution in [3.05, 3.63) is 35.6 Å². The molecule has 4 nitrogen and oxygen atoms in total. The number of rotatable bonds is 5. The van der Waals surface area contributed by atoms with E-state index in [4.69, 9.17) is 0 Å². The zero-order chi connectivity index (χ0) is 16.9. The molecule has 24 heavy (non-hydrogen) atoms. The van der Waals surface area contributed by atoms with Crippen LogP contribution < -0.4 is 10.6 Å². The molecule has 2 aliphatic carbocycles. The lowest BCUT2D eigenvalue weighted by atomic mass is 9.77. The number of urea groups is 1. The van der Waals surface area contributed by atoms with Crippen LogP contribution in [0.1, 0.15) is 56.6 Å². The summed E-state index contributed by atoms with van der Waals surface area (Å²) in [6.45, 7) is 0.243. The Kier molecular flexibility index (Phi) is 5.72. The number of benzene rings is 1. The third-order valence-corrected chi connectivity index (χ3v) is 5.58. The van der Waals surface area contributed by atoms with E-state index >= 15 is 0 Å². The van der Waals surface area contributed by atoms with Gasteiger partial charge in [-0.05, 0) is 68.1 Å². The fraction of sp³-hybridized carbons (Fsp3) is 0.632. The topological polar surface area (TPSA) is 61.4 Å². The maximum Gasteiger partial charge on any atom is 0.315 e. The number of amides is 2. The summed E-state index contributed by atoms with van der Waals surface area (Å²) in [5.41, 5.74) is 0.972. The van der Waals surface area contributed by atoms with Crippen LogP contribution in [0.3, 0.4) is 0 Å². The predicted molar refractivity (Wildman–Crippen MR) is 91.0 cm³/mol. The van der Waals surface area contributed by atoms with Crippen molar-refractivity contribution in [2.75, 3.05) is 6.61 Å². The molecule has 2 aliphatic rings. The van der Waals surface area contributed by atoms with E-state index in [0.29, 0.717) is 11.8 Å². The van der Waals surface area contributed by atoms with Crippen LogP contribution in [0.4, 0.5) is 9.18 Å². The summed E-state index contributed by atoms with van der Waals surface area (Å²) in [5, 5.41) is 15.4. The molecule has 1 unspecified atom stereocenters. The summed E-state index contributed by atoms with van der Waals surface area (Å²) in [6, 6.07) is 6.45. The number of aliphatic hydroxyl groups excluding tert-OH is 1. The van der Waals surface area contributed by atoms with Gasteiger partial charge in [0.2, 0.25) is 0 Å². The number of aliphatic hydroxyl groups is 1. The molecule has 0 saturated heterocycles. The van der Waals surface area contributed by atoms with Crippen molar-refractivity contribution in [3.8, 4) is 0 Å². The van der Waals surface area contributed by atoms with Crippen molar-refractivity contribution in [3.63, 3.8) is 0 Å². The van der Waals surface area contributed by atoms with Crippen LogP contribution >= 0.6 is 0 Å². The molecule has 2 saturated carbocycles. The van der Waals surface area contributed by atoms with Crippen LogP contribution in [-0.2, 0) is 0 Å². The second-order valence-corrected chi connectivity index (χ2v) is 7.24. The van der Waals surface area contributed by atoms with Crippen molar-refractivity contribution < 1.29 is 14.3 Å². The highest BCUT2D eigenvalue weighted by Crippen LogP contribution is 2.37. The van der Waals surface area contributed by atoms with Gasteiger partial charge in [0.25, 0.3) is 0 Å². The molecule has 2 amide bonds. The SMILES string of the molecule is O=C(NC1CCC(CO)CC1)NC(c1ccc(F)cc1)C1CCC1. The lowest BCUT2D eigenvalue weighted by Gasteiger charge is -2.35. The molecule has 1 aromatic rings. The molecule has 0 bridgehead atoms. The molecule has 1 aromatic carbocycles. The Morgan fingerprint density at radius 1 is 1.12 bits per heavy atom. The Balaban J connectivity index is 1.56. The molecule has 3 N–H and O–H groups in total. The Morgan fingerprint density at radius 3 is 2.33 bits per heavy atom. The zero-order valence-electron chi connectivity index (χ0n) is 14.0. The van der Waals surface area contributed by atoms with E-state index in [-0.39, 0.29) is 30.5 Å². The van der Waals surface area contributed by atoms with Gasteiger partial charge in [-0.3, -0.25) is 0 Å². The quantitative estimate of drug-likeness (QED) is 0.771. The highest BCUT2D eigenvalue weighted by atomic mass is 19.1. The van der Waals surface area contributed by atoms with Gasteiger partial charge in [0, 0.05) is 12.6 Å². The van der Waals surface area contributed by atoms with Gasteiger partial charge in [-0.1, -0.05) is 18.6 Å². The minimum absolute atomic E-state index is 0.0480. The van der Waals surface area contributed by atoms with E-state index in [0.717, 1.165) is 44.1 Å². The van der Waals surface area contributed by atoms with E-state index < -0.39 is 0 Å². The predicted octanol–water partition coefficient (Wildman–Crippen LogP) is 3.52.